The molecule has 0 amide bonds. The summed E-state index contributed by atoms with van der Waals surface area (Å²) in [5, 5.41) is 8.67. The number of nitrogens with one attached hydrogen (secondary N) is 1. The van der Waals surface area contributed by atoms with E-state index >= 15 is 0 Å². The monoisotopic (exact) mass is 305 g/mol. The maximum atomic E-state index is 12.1. The molecule has 0 aromatic carbocycles. The third-order valence-corrected chi connectivity index (χ3v) is 5.98. The Bertz CT molecular complexity index is 565. The van der Waals surface area contributed by atoms with Crippen LogP contribution in [-0.2, 0) is 26.0 Å². The summed E-state index contributed by atoms with van der Waals surface area (Å²) in [7, 11) is -3.60. The van der Waals surface area contributed by atoms with Crippen molar-refractivity contribution >= 4 is 27.3 Å². The molecule has 2 atom stereocenters. The summed E-state index contributed by atoms with van der Waals surface area (Å²) >= 11 is 0.981. The molecule has 106 valence electrons. The molecular formula is C11H15NO5S2. The fourth-order valence-electron chi connectivity index (χ4n) is 1.89. The topological polar surface area (TPSA) is 92.7 Å². The van der Waals surface area contributed by atoms with Gasteiger partial charge in [-0.2, -0.15) is 0 Å². The fraction of sp³-hybridized carbons (Fsp3) is 0.545. The van der Waals surface area contributed by atoms with Crippen LogP contribution in [0.4, 0.5) is 0 Å². The van der Waals surface area contributed by atoms with Crippen LogP contribution >= 0.6 is 11.3 Å². The van der Waals surface area contributed by atoms with Crippen LogP contribution in [0.15, 0.2) is 16.3 Å². The highest BCUT2D eigenvalue weighted by Gasteiger charge is 2.29. The summed E-state index contributed by atoms with van der Waals surface area (Å²) in [6, 6.07) is 2.74. The Labute approximate surface area is 115 Å². The van der Waals surface area contributed by atoms with E-state index in [1.54, 1.807) is 0 Å². The van der Waals surface area contributed by atoms with Crippen LogP contribution in [0.25, 0.3) is 0 Å². The van der Waals surface area contributed by atoms with E-state index in [2.05, 4.69) is 4.72 Å². The average molecular weight is 305 g/mol. The van der Waals surface area contributed by atoms with Crippen molar-refractivity contribution < 1.29 is 23.1 Å². The van der Waals surface area contributed by atoms with Gasteiger partial charge in [0, 0.05) is 11.5 Å². The molecule has 1 saturated heterocycles. The average Bonchev–Trinajstić information content (AvgIpc) is 2.88. The molecule has 2 unspecified atom stereocenters. The van der Waals surface area contributed by atoms with Crippen LogP contribution in [0.5, 0.6) is 0 Å². The molecule has 1 aromatic rings. The van der Waals surface area contributed by atoms with E-state index in [1.165, 1.54) is 12.1 Å². The van der Waals surface area contributed by atoms with Crippen molar-refractivity contribution in [2.24, 2.45) is 0 Å². The van der Waals surface area contributed by atoms with Gasteiger partial charge in [-0.05, 0) is 25.5 Å². The van der Waals surface area contributed by atoms with Crippen LogP contribution in [0, 0.1) is 0 Å². The Morgan fingerprint density at radius 2 is 2.32 bits per heavy atom. The van der Waals surface area contributed by atoms with Crippen molar-refractivity contribution in [3.05, 3.63) is 17.0 Å². The standard InChI is InChI=1S/C11H15NO5S2/c1-7-9(4-5-17-7)12-19(15,16)11-3-2-8(18-11)6-10(13)14/h2-3,7,9,12H,4-6H2,1H3,(H,13,14). The number of hydrogen-bond acceptors (Lipinski definition) is 5. The summed E-state index contributed by atoms with van der Waals surface area (Å²) in [6.45, 7) is 2.37. The summed E-state index contributed by atoms with van der Waals surface area (Å²) in [6.07, 6.45) is 0.338. The van der Waals surface area contributed by atoms with Crippen LogP contribution in [0.2, 0.25) is 0 Å². The first-order valence-electron chi connectivity index (χ1n) is 5.83. The number of aliphatic carboxylic acids is 1. The second-order valence-corrected chi connectivity index (χ2v) is 7.49. The smallest absolute Gasteiger partial charge is 0.308 e. The third kappa shape index (κ3) is 3.53. The van der Waals surface area contributed by atoms with Crippen molar-refractivity contribution in [3.63, 3.8) is 0 Å². The summed E-state index contributed by atoms with van der Waals surface area (Å²) in [4.78, 5) is 11.1. The zero-order chi connectivity index (χ0) is 14.0. The normalized spacial score (nSPS) is 23.6. The summed E-state index contributed by atoms with van der Waals surface area (Å²) in [5.74, 6) is -0.975. The molecule has 8 heteroatoms. The van der Waals surface area contributed by atoms with Gasteiger partial charge in [0.05, 0.1) is 18.6 Å². The molecule has 6 nitrogen and oxygen atoms in total. The van der Waals surface area contributed by atoms with E-state index in [0.717, 1.165) is 11.3 Å². The zero-order valence-electron chi connectivity index (χ0n) is 10.3. The lowest BCUT2D eigenvalue weighted by atomic mass is 10.2. The number of rotatable bonds is 5. The fourth-order valence-corrected chi connectivity index (χ4v) is 4.59. The van der Waals surface area contributed by atoms with Crippen molar-refractivity contribution in [3.8, 4) is 0 Å². The number of carboxylic acids is 1. The lowest BCUT2D eigenvalue weighted by molar-refractivity contribution is -0.136. The van der Waals surface area contributed by atoms with E-state index in [0.29, 0.717) is 17.9 Å². The number of thiophene rings is 1. The minimum Gasteiger partial charge on any atom is -0.481 e. The molecule has 2 rings (SSSR count). The largest absolute Gasteiger partial charge is 0.481 e. The van der Waals surface area contributed by atoms with Gasteiger partial charge in [0.25, 0.3) is 0 Å². The number of hydrogen-bond donors (Lipinski definition) is 2. The molecule has 2 N–H and O–H groups in total. The predicted octanol–water partition coefficient (Wildman–Crippen LogP) is 0.831. The number of ether oxygens (including phenoxy) is 1. The number of carbonyl (C=O) groups is 1. The molecule has 19 heavy (non-hydrogen) atoms. The maximum absolute atomic E-state index is 12.1. The minimum atomic E-state index is -3.60. The Balaban J connectivity index is 2.10. The maximum Gasteiger partial charge on any atom is 0.308 e. The number of sulfonamides is 1. The van der Waals surface area contributed by atoms with Gasteiger partial charge in [-0.1, -0.05) is 0 Å². The van der Waals surface area contributed by atoms with Crippen LogP contribution < -0.4 is 4.72 Å². The van der Waals surface area contributed by atoms with E-state index in [1.807, 2.05) is 6.92 Å². The Morgan fingerprint density at radius 3 is 2.89 bits per heavy atom. The second kappa shape index (κ2) is 5.58. The van der Waals surface area contributed by atoms with Gasteiger partial charge in [0.2, 0.25) is 10.0 Å². The molecule has 1 aromatic heterocycles. The Kier molecular flexibility index (Phi) is 4.24. The van der Waals surface area contributed by atoms with Gasteiger partial charge in [0.1, 0.15) is 4.21 Å². The first-order chi connectivity index (χ1) is 8.88. The highest BCUT2D eigenvalue weighted by molar-refractivity contribution is 7.91. The van der Waals surface area contributed by atoms with Gasteiger partial charge in [-0.25, -0.2) is 13.1 Å². The molecule has 0 bridgehead atoms. The van der Waals surface area contributed by atoms with Gasteiger partial charge in [-0.15, -0.1) is 11.3 Å². The summed E-state index contributed by atoms with van der Waals surface area (Å²) < 4.78 is 32.3. The van der Waals surface area contributed by atoms with Crippen LogP contribution in [0.1, 0.15) is 18.2 Å². The van der Waals surface area contributed by atoms with E-state index < -0.39 is 16.0 Å². The molecule has 1 aliphatic rings. The van der Waals surface area contributed by atoms with Crippen molar-refractivity contribution in [1.82, 2.24) is 4.72 Å². The zero-order valence-corrected chi connectivity index (χ0v) is 12.0. The predicted molar refractivity (Wildman–Crippen MR) is 69.8 cm³/mol. The molecule has 0 radical (unpaired) electrons. The first kappa shape index (κ1) is 14.4. The van der Waals surface area contributed by atoms with Crippen LogP contribution in [0.3, 0.4) is 0 Å². The van der Waals surface area contributed by atoms with E-state index in [9.17, 15) is 13.2 Å². The molecule has 1 aliphatic heterocycles. The van der Waals surface area contributed by atoms with Crippen molar-refractivity contribution in [2.75, 3.05) is 6.61 Å². The lowest BCUT2D eigenvalue weighted by Gasteiger charge is -2.15. The van der Waals surface area contributed by atoms with Crippen molar-refractivity contribution in [2.45, 2.75) is 36.1 Å². The van der Waals surface area contributed by atoms with Gasteiger partial charge >= 0.3 is 5.97 Å². The van der Waals surface area contributed by atoms with Gasteiger partial charge in [-0.3, -0.25) is 4.79 Å². The highest BCUT2D eigenvalue weighted by atomic mass is 32.2. The minimum absolute atomic E-state index is 0.142. The van der Waals surface area contributed by atoms with Crippen molar-refractivity contribution in [1.29, 1.82) is 0 Å². The first-order valence-corrected chi connectivity index (χ1v) is 8.13. The molecule has 0 spiro atoms. The number of carboxylic acid groups (broad SMARTS) is 1. The molecular weight excluding hydrogens is 290 g/mol. The van der Waals surface area contributed by atoms with Gasteiger partial charge < -0.3 is 9.84 Å². The molecule has 0 aliphatic carbocycles. The van der Waals surface area contributed by atoms with E-state index in [-0.39, 0.29) is 22.8 Å². The van der Waals surface area contributed by atoms with Gasteiger partial charge in [0.15, 0.2) is 0 Å². The second-order valence-electron chi connectivity index (χ2n) is 4.38. The lowest BCUT2D eigenvalue weighted by Crippen LogP contribution is -2.38. The molecule has 1 fully saturated rings. The molecule has 2 heterocycles. The highest BCUT2D eigenvalue weighted by Crippen LogP contribution is 2.24. The van der Waals surface area contributed by atoms with Crippen LogP contribution in [-0.4, -0.2) is 38.2 Å². The SMILES string of the molecule is CC1OCCC1NS(=O)(=O)c1ccc(CC(=O)O)s1. The quantitative estimate of drug-likeness (QED) is 0.840. The van der Waals surface area contributed by atoms with E-state index in [4.69, 9.17) is 9.84 Å². The Morgan fingerprint density at radius 1 is 1.58 bits per heavy atom. The Hall–Kier alpha value is -0.960. The summed E-state index contributed by atoms with van der Waals surface area (Å²) in [5.41, 5.74) is 0. The molecule has 0 saturated carbocycles. The third-order valence-electron chi connectivity index (χ3n) is 2.91.